The third-order valence-electron chi connectivity index (χ3n) is 10.5. The van der Waals surface area contributed by atoms with E-state index in [0.29, 0.717) is 18.8 Å². The summed E-state index contributed by atoms with van der Waals surface area (Å²) < 4.78 is 14.0. The van der Waals surface area contributed by atoms with Gasteiger partial charge in [0.25, 0.3) is 0 Å². The fourth-order valence-electron chi connectivity index (χ4n) is 7.81. The topological polar surface area (TPSA) is 59.1 Å². The maximum atomic E-state index is 14.1. The molecule has 1 spiro atoms. The van der Waals surface area contributed by atoms with E-state index in [1.54, 1.807) is 23.9 Å². The molecule has 6 nitrogen and oxygen atoms in total. The summed E-state index contributed by atoms with van der Waals surface area (Å²) in [6.45, 7) is 7.32. The number of halogens is 1. The summed E-state index contributed by atoms with van der Waals surface area (Å²) >= 11 is 3.56. The van der Waals surface area contributed by atoms with Gasteiger partial charge in [0.2, 0.25) is 5.91 Å². The minimum absolute atomic E-state index is 0.0221. The quantitative estimate of drug-likeness (QED) is 0.332. The zero-order valence-corrected chi connectivity index (χ0v) is 26.1. The van der Waals surface area contributed by atoms with Crippen LogP contribution in [0.15, 0.2) is 59.1 Å². The molecule has 2 saturated carbocycles. The van der Waals surface area contributed by atoms with Gasteiger partial charge in [0, 0.05) is 30.4 Å². The van der Waals surface area contributed by atoms with E-state index in [1.807, 2.05) is 54.6 Å². The van der Waals surface area contributed by atoms with Gasteiger partial charge in [0.05, 0.1) is 5.60 Å². The van der Waals surface area contributed by atoms with Gasteiger partial charge in [-0.15, -0.1) is 0 Å². The number of carbonyl (C=O) groups is 2. The maximum Gasteiger partial charge on any atom is 0.412 e. The molecular weight excluding hydrogens is 568 g/mol. The van der Waals surface area contributed by atoms with Crippen LogP contribution in [0.2, 0.25) is 0 Å². The normalized spacial score (nSPS) is 29.2. The number of ether oxygens (including phenoxy) is 2. The van der Waals surface area contributed by atoms with Gasteiger partial charge in [-0.25, -0.2) is 4.79 Å². The molecule has 0 unspecified atom stereocenters. The SMILES string of the molecule is CN(C)C(=O)[C@@H](Cc1cccc(Br)c1)N(C(=O)OCc1ccccc1)[C@H]1CCC[C@]2(C[C@H]3CC[C@]2(C)C3(C)C)O1. The third-order valence-corrected chi connectivity index (χ3v) is 11.0. The molecule has 40 heavy (non-hydrogen) atoms. The van der Waals surface area contributed by atoms with E-state index in [-0.39, 0.29) is 28.9 Å². The summed E-state index contributed by atoms with van der Waals surface area (Å²) in [6.07, 6.45) is 5.32. The van der Waals surface area contributed by atoms with Gasteiger partial charge in [-0.05, 0) is 73.1 Å². The fraction of sp³-hybridized carbons (Fsp3) is 0.576. The van der Waals surface area contributed by atoms with Gasteiger partial charge in [0.15, 0.2) is 0 Å². The van der Waals surface area contributed by atoms with Crippen LogP contribution in [-0.2, 0) is 27.3 Å². The molecule has 2 amide bonds. The van der Waals surface area contributed by atoms with Gasteiger partial charge in [-0.3, -0.25) is 9.69 Å². The molecule has 2 bridgehead atoms. The smallest absolute Gasteiger partial charge is 0.412 e. The molecule has 1 aliphatic heterocycles. The summed E-state index contributed by atoms with van der Waals surface area (Å²) in [7, 11) is 3.48. The lowest BCUT2D eigenvalue weighted by molar-refractivity contribution is -0.234. The highest BCUT2D eigenvalue weighted by Gasteiger charge is 2.70. The molecule has 0 radical (unpaired) electrons. The van der Waals surface area contributed by atoms with Crippen LogP contribution in [-0.4, -0.2) is 53.8 Å². The van der Waals surface area contributed by atoms with Crippen molar-refractivity contribution < 1.29 is 19.1 Å². The average molecular weight is 612 g/mol. The van der Waals surface area contributed by atoms with E-state index in [1.165, 1.54) is 6.42 Å². The number of hydrogen-bond acceptors (Lipinski definition) is 4. The van der Waals surface area contributed by atoms with Crippen molar-refractivity contribution in [3.05, 3.63) is 70.2 Å². The Labute approximate surface area is 247 Å². The van der Waals surface area contributed by atoms with E-state index in [9.17, 15) is 9.59 Å². The van der Waals surface area contributed by atoms with Crippen molar-refractivity contribution in [1.29, 1.82) is 0 Å². The van der Waals surface area contributed by atoms with Crippen LogP contribution >= 0.6 is 15.9 Å². The molecule has 2 aromatic rings. The van der Waals surface area contributed by atoms with E-state index in [2.05, 4.69) is 36.7 Å². The van der Waals surface area contributed by atoms with Crippen molar-refractivity contribution in [2.75, 3.05) is 14.1 Å². The van der Waals surface area contributed by atoms with Crippen molar-refractivity contribution >= 4 is 27.9 Å². The van der Waals surface area contributed by atoms with Gasteiger partial charge in [0.1, 0.15) is 18.9 Å². The molecule has 3 aliphatic rings. The molecule has 216 valence electrons. The minimum Gasteiger partial charge on any atom is -0.444 e. The van der Waals surface area contributed by atoms with Crippen LogP contribution in [0.1, 0.15) is 70.4 Å². The molecule has 0 N–H and O–H groups in total. The Kier molecular flexibility index (Phi) is 8.10. The Morgan fingerprint density at radius 3 is 2.38 bits per heavy atom. The molecule has 7 heteroatoms. The van der Waals surface area contributed by atoms with Crippen molar-refractivity contribution in [1.82, 2.24) is 9.80 Å². The second-order valence-corrected chi connectivity index (χ2v) is 13.9. The van der Waals surface area contributed by atoms with Gasteiger partial charge in [-0.2, -0.15) is 0 Å². The van der Waals surface area contributed by atoms with Crippen LogP contribution in [0.3, 0.4) is 0 Å². The molecule has 2 aromatic carbocycles. The Balaban J connectivity index is 1.50. The second kappa shape index (κ2) is 11.1. The lowest BCUT2D eigenvalue weighted by Crippen LogP contribution is -2.61. The number of nitrogens with zero attached hydrogens (tertiary/aromatic N) is 2. The highest BCUT2D eigenvalue weighted by atomic mass is 79.9. The second-order valence-electron chi connectivity index (χ2n) is 13.0. The number of fused-ring (bicyclic) bond motifs is 3. The Bertz CT molecular complexity index is 1230. The first-order valence-corrected chi connectivity index (χ1v) is 15.4. The average Bonchev–Trinajstić information content (AvgIpc) is 3.24. The van der Waals surface area contributed by atoms with Crippen LogP contribution in [0.25, 0.3) is 0 Å². The Morgan fingerprint density at radius 1 is 1.02 bits per heavy atom. The van der Waals surface area contributed by atoms with Crippen molar-refractivity contribution in [2.45, 2.75) is 90.2 Å². The van der Waals surface area contributed by atoms with Crippen molar-refractivity contribution in [3.63, 3.8) is 0 Å². The molecule has 1 saturated heterocycles. The number of likely N-dealkylation sites (N-methyl/N-ethyl adjacent to an activating group) is 1. The molecular formula is C33H43BrN2O4. The van der Waals surface area contributed by atoms with Gasteiger partial charge in [-0.1, -0.05) is 79.2 Å². The molecule has 2 aliphatic carbocycles. The van der Waals surface area contributed by atoms with Crippen LogP contribution in [0, 0.1) is 16.7 Å². The van der Waals surface area contributed by atoms with Gasteiger partial charge < -0.3 is 14.4 Å². The number of carbonyl (C=O) groups excluding carboxylic acids is 2. The van der Waals surface area contributed by atoms with E-state index >= 15 is 0 Å². The molecule has 3 fully saturated rings. The highest BCUT2D eigenvalue weighted by Crippen LogP contribution is 2.72. The zero-order chi connectivity index (χ0) is 28.7. The first kappa shape index (κ1) is 29.1. The lowest BCUT2D eigenvalue weighted by Gasteiger charge is -2.54. The lowest BCUT2D eigenvalue weighted by atomic mass is 9.62. The Morgan fingerprint density at radius 2 is 1.75 bits per heavy atom. The van der Waals surface area contributed by atoms with E-state index in [0.717, 1.165) is 41.3 Å². The van der Waals surface area contributed by atoms with Crippen LogP contribution in [0.5, 0.6) is 0 Å². The first-order chi connectivity index (χ1) is 19.0. The summed E-state index contributed by atoms with van der Waals surface area (Å²) in [4.78, 5) is 31.1. The fourth-order valence-corrected chi connectivity index (χ4v) is 8.26. The molecule has 5 atom stereocenters. The summed E-state index contributed by atoms with van der Waals surface area (Å²) in [5.41, 5.74) is 1.76. The standard InChI is InChI=1S/C33H43BrN2O4/c1-31(2)25-16-18-32(31,3)33(21-25)17-10-15-28(40-33)36(30(38)39-22-23-11-7-6-8-12-23)27(29(37)35(4)5)20-24-13-9-14-26(34)19-24/h6-9,11-14,19,25,27-28H,10,15-18,20-22H2,1-5H3/t25-,27-,28-,32-,33-/m1/s1. The minimum atomic E-state index is -0.757. The monoisotopic (exact) mass is 610 g/mol. The number of benzene rings is 2. The summed E-state index contributed by atoms with van der Waals surface area (Å²) in [6, 6.07) is 16.8. The highest BCUT2D eigenvalue weighted by molar-refractivity contribution is 9.10. The van der Waals surface area contributed by atoms with E-state index in [4.69, 9.17) is 9.47 Å². The number of hydrogen-bond donors (Lipinski definition) is 0. The molecule has 5 rings (SSSR count). The zero-order valence-electron chi connectivity index (χ0n) is 24.5. The van der Waals surface area contributed by atoms with Crippen molar-refractivity contribution in [2.24, 2.45) is 16.7 Å². The first-order valence-electron chi connectivity index (χ1n) is 14.6. The third kappa shape index (κ3) is 5.09. The summed E-state index contributed by atoms with van der Waals surface area (Å²) in [5, 5.41) is 0. The van der Waals surface area contributed by atoms with Crippen LogP contribution in [0.4, 0.5) is 4.79 Å². The number of amides is 2. The largest absolute Gasteiger partial charge is 0.444 e. The van der Waals surface area contributed by atoms with Crippen molar-refractivity contribution in [3.8, 4) is 0 Å². The molecule has 0 aromatic heterocycles. The summed E-state index contributed by atoms with van der Waals surface area (Å²) in [5.74, 6) is 0.468. The maximum absolute atomic E-state index is 14.1. The van der Waals surface area contributed by atoms with Gasteiger partial charge >= 0.3 is 6.09 Å². The predicted octanol–water partition coefficient (Wildman–Crippen LogP) is 7.20. The predicted molar refractivity (Wildman–Crippen MR) is 159 cm³/mol. The molecule has 1 heterocycles. The number of rotatable bonds is 7. The van der Waals surface area contributed by atoms with Crippen LogP contribution < -0.4 is 0 Å². The van der Waals surface area contributed by atoms with E-state index < -0.39 is 18.4 Å². The Hall–Kier alpha value is -2.38.